The van der Waals surface area contributed by atoms with Crippen LogP contribution in [0.4, 0.5) is 0 Å². The first kappa shape index (κ1) is 11.8. The van der Waals surface area contributed by atoms with Crippen LogP contribution in [0.15, 0.2) is 4.99 Å². The fourth-order valence-corrected chi connectivity index (χ4v) is 0.545. The summed E-state index contributed by atoms with van der Waals surface area (Å²) >= 11 is 1.70. The molecule has 0 atom stereocenters. The fraction of sp³-hybridized carbons (Fsp3) is 0.857. The molecule has 0 aromatic heterocycles. The first-order valence-electron chi connectivity index (χ1n) is 3.36. The fourth-order valence-electron chi connectivity index (χ4n) is 0.287. The molecule has 0 amide bonds. The van der Waals surface area contributed by atoms with Crippen molar-refractivity contribution < 1.29 is 0 Å². The third-order valence-corrected chi connectivity index (χ3v) is 1.40. The summed E-state index contributed by atoms with van der Waals surface area (Å²) in [5, 5.41) is 1.17. The minimum Gasteiger partial charge on any atom is -0.284 e. The standard InChI is InChI=1S/C5H11NS.C2H6/c1-4-6-5(2)7-3;1-2/h4H2,1-3H3;1-2H3. The Bertz CT molecular complexity index is 69.3. The molecule has 0 heterocycles. The molecule has 1 nitrogen and oxygen atoms in total. The minimum atomic E-state index is 0.909. The van der Waals surface area contributed by atoms with Crippen molar-refractivity contribution in [3.63, 3.8) is 0 Å². The molecule has 0 rings (SSSR count). The highest BCUT2D eigenvalue weighted by Crippen LogP contribution is 1.94. The van der Waals surface area contributed by atoms with E-state index in [0.717, 1.165) is 6.54 Å². The predicted molar refractivity (Wildman–Crippen MR) is 48.5 cm³/mol. The lowest BCUT2D eigenvalue weighted by Crippen LogP contribution is -1.80. The summed E-state index contributed by atoms with van der Waals surface area (Å²) in [6, 6.07) is 0. The van der Waals surface area contributed by atoms with Crippen molar-refractivity contribution in [2.75, 3.05) is 12.8 Å². The molecule has 56 valence electrons. The van der Waals surface area contributed by atoms with E-state index in [-0.39, 0.29) is 0 Å². The number of rotatable bonds is 1. The molecule has 0 saturated carbocycles. The Morgan fingerprint density at radius 3 is 2.00 bits per heavy atom. The molecular formula is C7H17NS. The SMILES string of the molecule is CC.CCN=C(C)SC. The van der Waals surface area contributed by atoms with E-state index >= 15 is 0 Å². The topological polar surface area (TPSA) is 12.4 Å². The van der Waals surface area contributed by atoms with Crippen LogP contribution in [0.1, 0.15) is 27.7 Å². The second-order valence-electron chi connectivity index (χ2n) is 1.20. The molecule has 0 unspecified atom stereocenters. The molecule has 0 spiro atoms. The van der Waals surface area contributed by atoms with Gasteiger partial charge in [0, 0.05) is 6.54 Å². The van der Waals surface area contributed by atoms with Gasteiger partial charge in [0.25, 0.3) is 0 Å². The Hall–Kier alpha value is 0.0200. The van der Waals surface area contributed by atoms with Crippen LogP contribution in [0.3, 0.4) is 0 Å². The Balaban J connectivity index is 0. The minimum absolute atomic E-state index is 0.909. The second kappa shape index (κ2) is 10.9. The molecule has 0 saturated heterocycles. The molecule has 0 aliphatic carbocycles. The zero-order chi connectivity index (χ0) is 7.70. The summed E-state index contributed by atoms with van der Waals surface area (Å²) < 4.78 is 0. The highest BCUT2D eigenvalue weighted by Gasteiger charge is 1.78. The molecule has 0 aliphatic rings. The highest BCUT2D eigenvalue weighted by atomic mass is 32.2. The molecule has 2 heteroatoms. The van der Waals surface area contributed by atoms with Crippen molar-refractivity contribution in [1.29, 1.82) is 0 Å². The second-order valence-corrected chi connectivity index (χ2v) is 2.20. The molecule has 0 N–H and O–H groups in total. The van der Waals surface area contributed by atoms with Gasteiger partial charge in [-0.25, -0.2) is 0 Å². The van der Waals surface area contributed by atoms with Crippen LogP contribution in [-0.4, -0.2) is 17.8 Å². The third-order valence-electron chi connectivity index (χ3n) is 0.676. The van der Waals surface area contributed by atoms with Crippen LogP contribution >= 0.6 is 11.8 Å². The largest absolute Gasteiger partial charge is 0.284 e. The van der Waals surface area contributed by atoms with E-state index in [2.05, 4.69) is 4.99 Å². The molecular weight excluding hydrogens is 130 g/mol. The van der Waals surface area contributed by atoms with Crippen molar-refractivity contribution in [2.45, 2.75) is 27.7 Å². The number of thioether (sulfide) groups is 1. The lowest BCUT2D eigenvalue weighted by Gasteiger charge is -1.87. The number of aliphatic imine (C=N–C) groups is 1. The Morgan fingerprint density at radius 1 is 1.44 bits per heavy atom. The zero-order valence-corrected chi connectivity index (χ0v) is 7.88. The summed E-state index contributed by atoms with van der Waals surface area (Å²) in [5.74, 6) is 0. The molecule has 0 radical (unpaired) electrons. The summed E-state index contributed by atoms with van der Waals surface area (Å²) in [7, 11) is 0. The lowest BCUT2D eigenvalue weighted by atomic mass is 10.7. The van der Waals surface area contributed by atoms with Crippen molar-refractivity contribution in [2.24, 2.45) is 4.99 Å². The zero-order valence-electron chi connectivity index (χ0n) is 7.06. The maximum Gasteiger partial charge on any atom is 0.0642 e. The van der Waals surface area contributed by atoms with Crippen LogP contribution in [0.5, 0.6) is 0 Å². The maximum absolute atomic E-state index is 4.12. The molecule has 0 aliphatic heterocycles. The van der Waals surface area contributed by atoms with Gasteiger partial charge in [0.05, 0.1) is 5.04 Å². The van der Waals surface area contributed by atoms with E-state index in [0.29, 0.717) is 0 Å². The van der Waals surface area contributed by atoms with Gasteiger partial charge in [-0.2, -0.15) is 0 Å². The van der Waals surface area contributed by atoms with Crippen molar-refractivity contribution in [3.8, 4) is 0 Å². The summed E-state index contributed by atoms with van der Waals surface area (Å²) in [6.45, 7) is 8.97. The molecule has 0 aromatic carbocycles. The van der Waals surface area contributed by atoms with Gasteiger partial charge in [-0.15, -0.1) is 11.8 Å². The van der Waals surface area contributed by atoms with Gasteiger partial charge in [0.15, 0.2) is 0 Å². The average Bonchev–Trinajstić information content (AvgIpc) is 1.93. The summed E-state index contributed by atoms with van der Waals surface area (Å²) in [4.78, 5) is 4.12. The Labute approximate surface area is 63.0 Å². The summed E-state index contributed by atoms with van der Waals surface area (Å²) in [6.07, 6.45) is 2.04. The van der Waals surface area contributed by atoms with E-state index in [9.17, 15) is 0 Å². The van der Waals surface area contributed by atoms with E-state index in [4.69, 9.17) is 0 Å². The lowest BCUT2D eigenvalue weighted by molar-refractivity contribution is 1.13. The molecule has 9 heavy (non-hydrogen) atoms. The maximum atomic E-state index is 4.12. The number of hydrogen-bond acceptors (Lipinski definition) is 2. The van der Waals surface area contributed by atoms with Crippen molar-refractivity contribution in [1.82, 2.24) is 0 Å². The van der Waals surface area contributed by atoms with Crippen LogP contribution in [-0.2, 0) is 0 Å². The Kier molecular flexibility index (Phi) is 14.3. The normalized spacial score (nSPS) is 10.1. The highest BCUT2D eigenvalue weighted by molar-refractivity contribution is 8.13. The van der Waals surface area contributed by atoms with Gasteiger partial charge >= 0.3 is 0 Å². The van der Waals surface area contributed by atoms with Crippen LogP contribution < -0.4 is 0 Å². The molecule has 0 aromatic rings. The van der Waals surface area contributed by atoms with Gasteiger partial charge in [-0.05, 0) is 20.1 Å². The van der Waals surface area contributed by atoms with E-state index in [1.807, 2.05) is 34.0 Å². The van der Waals surface area contributed by atoms with E-state index in [1.165, 1.54) is 5.04 Å². The first-order chi connectivity index (χ1) is 4.31. The van der Waals surface area contributed by atoms with Gasteiger partial charge < -0.3 is 0 Å². The average molecular weight is 147 g/mol. The number of nitrogens with zero attached hydrogens (tertiary/aromatic N) is 1. The van der Waals surface area contributed by atoms with Crippen molar-refractivity contribution >= 4 is 16.8 Å². The Morgan fingerprint density at radius 2 is 1.89 bits per heavy atom. The van der Waals surface area contributed by atoms with Gasteiger partial charge in [0.2, 0.25) is 0 Å². The van der Waals surface area contributed by atoms with Crippen molar-refractivity contribution in [3.05, 3.63) is 0 Å². The van der Waals surface area contributed by atoms with Gasteiger partial charge in [-0.3, -0.25) is 4.99 Å². The summed E-state index contributed by atoms with van der Waals surface area (Å²) in [5.41, 5.74) is 0. The first-order valence-corrected chi connectivity index (χ1v) is 4.58. The van der Waals surface area contributed by atoms with Gasteiger partial charge in [0.1, 0.15) is 0 Å². The smallest absolute Gasteiger partial charge is 0.0642 e. The van der Waals surface area contributed by atoms with Crippen LogP contribution in [0.2, 0.25) is 0 Å². The van der Waals surface area contributed by atoms with Crippen LogP contribution in [0.25, 0.3) is 0 Å². The molecule has 0 fully saturated rings. The predicted octanol–water partition coefficient (Wildman–Crippen LogP) is 2.81. The quantitative estimate of drug-likeness (QED) is 0.410. The third kappa shape index (κ3) is 11.5. The number of hydrogen-bond donors (Lipinski definition) is 0. The monoisotopic (exact) mass is 147 g/mol. The molecule has 0 bridgehead atoms. The van der Waals surface area contributed by atoms with Crippen LogP contribution in [0, 0.1) is 0 Å². The van der Waals surface area contributed by atoms with E-state index < -0.39 is 0 Å². The van der Waals surface area contributed by atoms with E-state index in [1.54, 1.807) is 11.8 Å². The van der Waals surface area contributed by atoms with Gasteiger partial charge in [-0.1, -0.05) is 13.8 Å².